The Morgan fingerprint density at radius 2 is 2.26 bits per heavy atom. The average molecular weight is 266 g/mol. The summed E-state index contributed by atoms with van der Waals surface area (Å²) in [5.41, 5.74) is 2.81. The van der Waals surface area contributed by atoms with Crippen LogP contribution in [0.25, 0.3) is 0 Å². The fraction of sp³-hybridized carbons (Fsp3) is 0.786. The second-order valence-corrected chi connectivity index (χ2v) is 5.53. The van der Waals surface area contributed by atoms with Crippen molar-refractivity contribution in [2.75, 3.05) is 40.9 Å². The topological polar surface area (TPSA) is 42.3 Å². The number of nitrogens with one attached hydrogen (secondary N) is 1. The minimum absolute atomic E-state index is 0.740. The standard InChI is InChI=1S/C14H26N4O/c1-17(2)7-8-18-14(12-4-5-12)13(11-16-18)10-15-6-9-19-3/h11-12,15H,4-10H2,1-3H3. The summed E-state index contributed by atoms with van der Waals surface area (Å²) in [7, 11) is 5.94. The van der Waals surface area contributed by atoms with Gasteiger partial charge < -0.3 is 15.0 Å². The van der Waals surface area contributed by atoms with E-state index < -0.39 is 0 Å². The molecule has 108 valence electrons. The van der Waals surface area contributed by atoms with Crippen molar-refractivity contribution in [3.63, 3.8) is 0 Å². The van der Waals surface area contributed by atoms with Crippen molar-refractivity contribution < 1.29 is 4.74 Å². The van der Waals surface area contributed by atoms with E-state index in [0.717, 1.165) is 38.7 Å². The molecule has 1 aromatic heterocycles. The molecule has 5 heteroatoms. The van der Waals surface area contributed by atoms with Crippen molar-refractivity contribution in [3.05, 3.63) is 17.5 Å². The molecule has 0 radical (unpaired) electrons. The molecular formula is C14H26N4O. The van der Waals surface area contributed by atoms with Crippen molar-refractivity contribution in [1.82, 2.24) is 20.0 Å². The molecule has 0 aromatic carbocycles. The Labute approximate surface area is 115 Å². The van der Waals surface area contributed by atoms with Crippen LogP contribution in [0.1, 0.15) is 30.0 Å². The second kappa shape index (κ2) is 7.03. The molecule has 1 aromatic rings. The molecule has 5 nitrogen and oxygen atoms in total. The third kappa shape index (κ3) is 4.30. The largest absolute Gasteiger partial charge is 0.383 e. The van der Waals surface area contributed by atoms with Crippen molar-refractivity contribution in [1.29, 1.82) is 0 Å². The van der Waals surface area contributed by atoms with Gasteiger partial charge in [0.05, 0.1) is 19.3 Å². The Morgan fingerprint density at radius 3 is 2.89 bits per heavy atom. The summed E-state index contributed by atoms with van der Waals surface area (Å²) >= 11 is 0. The Kier molecular flexibility index (Phi) is 5.36. The summed E-state index contributed by atoms with van der Waals surface area (Å²) in [6.07, 6.45) is 4.67. The molecule has 0 saturated heterocycles. The van der Waals surface area contributed by atoms with Gasteiger partial charge in [-0.05, 0) is 26.9 Å². The van der Waals surface area contributed by atoms with Gasteiger partial charge in [0.15, 0.2) is 0 Å². The van der Waals surface area contributed by atoms with Gasteiger partial charge in [-0.25, -0.2) is 0 Å². The lowest BCUT2D eigenvalue weighted by Gasteiger charge is -2.13. The van der Waals surface area contributed by atoms with E-state index in [2.05, 4.69) is 34.1 Å². The first-order chi connectivity index (χ1) is 9.22. The smallest absolute Gasteiger partial charge is 0.0587 e. The molecule has 0 amide bonds. The van der Waals surface area contributed by atoms with Crippen molar-refractivity contribution in [2.24, 2.45) is 0 Å². The maximum atomic E-state index is 5.05. The third-order valence-electron chi connectivity index (χ3n) is 3.48. The number of aromatic nitrogens is 2. The normalized spacial score (nSPS) is 15.4. The minimum atomic E-state index is 0.740. The highest BCUT2D eigenvalue weighted by Gasteiger charge is 2.29. The van der Waals surface area contributed by atoms with Gasteiger partial charge in [-0.1, -0.05) is 0 Å². The highest BCUT2D eigenvalue weighted by atomic mass is 16.5. The van der Waals surface area contributed by atoms with Crippen LogP contribution >= 0.6 is 0 Å². The monoisotopic (exact) mass is 266 g/mol. The summed E-state index contributed by atoms with van der Waals surface area (Å²) in [4.78, 5) is 2.20. The van der Waals surface area contributed by atoms with E-state index in [4.69, 9.17) is 4.74 Å². The van der Waals surface area contributed by atoms with Gasteiger partial charge >= 0.3 is 0 Å². The van der Waals surface area contributed by atoms with Crippen molar-refractivity contribution in [2.45, 2.75) is 31.8 Å². The Balaban J connectivity index is 1.94. The first kappa shape index (κ1) is 14.5. The van der Waals surface area contributed by atoms with E-state index in [1.807, 2.05) is 6.20 Å². The Hall–Kier alpha value is -0.910. The highest BCUT2D eigenvalue weighted by molar-refractivity contribution is 5.25. The van der Waals surface area contributed by atoms with Gasteiger partial charge in [0.1, 0.15) is 0 Å². The van der Waals surface area contributed by atoms with Crippen LogP contribution in [-0.2, 0) is 17.8 Å². The van der Waals surface area contributed by atoms with Crippen LogP contribution in [0.5, 0.6) is 0 Å². The number of ether oxygens (including phenoxy) is 1. The molecular weight excluding hydrogens is 240 g/mol. The number of hydrogen-bond donors (Lipinski definition) is 1. The first-order valence-electron chi connectivity index (χ1n) is 7.11. The number of nitrogens with zero attached hydrogens (tertiary/aromatic N) is 3. The number of likely N-dealkylation sites (N-methyl/N-ethyl adjacent to an activating group) is 1. The molecule has 0 atom stereocenters. The predicted octanol–water partition coefficient (Wildman–Crippen LogP) is 1.06. The summed E-state index contributed by atoms with van der Waals surface area (Å²) < 4.78 is 7.25. The molecule has 2 rings (SSSR count). The SMILES string of the molecule is COCCNCc1cnn(CCN(C)C)c1C1CC1. The van der Waals surface area contributed by atoms with E-state index in [1.54, 1.807) is 7.11 Å². The maximum absolute atomic E-state index is 5.05. The van der Waals surface area contributed by atoms with Gasteiger partial charge in [-0.2, -0.15) is 5.10 Å². The van der Waals surface area contributed by atoms with Crippen LogP contribution in [0.2, 0.25) is 0 Å². The molecule has 1 aliphatic carbocycles. The molecule has 0 bridgehead atoms. The number of rotatable bonds is 9. The molecule has 0 aliphatic heterocycles. The molecule has 1 saturated carbocycles. The van der Waals surface area contributed by atoms with Gasteiger partial charge in [0.2, 0.25) is 0 Å². The Morgan fingerprint density at radius 1 is 1.47 bits per heavy atom. The zero-order chi connectivity index (χ0) is 13.7. The molecule has 1 aliphatic rings. The minimum Gasteiger partial charge on any atom is -0.383 e. The lowest BCUT2D eigenvalue weighted by atomic mass is 10.1. The fourth-order valence-electron chi connectivity index (χ4n) is 2.27. The van der Waals surface area contributed by atoms with Gasteiger partial charge in [0, 0.05) is 43.9 Å². The zero-order valence-corrected chi connectivity index (χ0v) is 12.4. The fourth-order valence-corrected chi connectivity index (χ4v) is 2.27. The van der Waals surface area contributed by atoms with E-state index in [0.29, 0.717) is 0 Å². The van der Waals surface area contributed by atoms with Crippen molar-refractivity contribution >= 4 is 0 Å². The quantitative estimate of drug-likeness (QED) is 0.679. The Bertz CT molecular complexity index is 385. The molecule has 0 unspecified atom stereocenters. The van der Waals surface area contributed by atoms with E-state index in [-0.39, 0.29) is 0 Å². The van der Waals surface area contributed by atoms with Crippen LogP contribution < -0.4 is 5.32 Å². The molecule has 1 N–H and O–H groups in total. The zero-order valence-electron chi connectivity index (χ0n) is 12.4. The molecule has 1 fully saturated rings. The molecule has 19 heavy (non-hydrogen) atoms. The van der Waals surface area contributed by atoms with E-state index >= 15 is 0 Å². The van der Waals surface area contributed by atoms with E-state index in [1.165, 1.54) is 24.1 Å². The number of hydrogen-bond acceptors (Lipinski definition) is 4. The van der Waals surface area contributed by atoms with Gasteiger partial charge in [0.25, 0.3) is 0 Å². The molecule has 0 spiro atoms. The van der Waals surface area contributed by atoms with Crippen LogP contribution in [-0.4, -0.2) is 55.6 Å². The third-order valence-corrected chi connectivity index (χ3v) is 3.48. The van der Waals surface area contributed by atoms with Crippen LogP contribution in [0.15, 0.2) is 6.20 Å². The highest BCUT2D eigenvalue weighted by Crippen LogP contribution is 2.41. The van der Waals surface area contributed by atoms with Crippen LogP contribution in [0, 0.1) is 0 Å². The predicted molar refractivity (Wildman–Crippen MR) is 76.3 cm³/mol. The van der Waals surface area contributed by atoms with Crippen LogP contribution in [0.4, 0.5) is 0 Å². The summed E-state index contributed by atoms with van der Waals surface area (Å²) in [6.45, 7) is 4.57. The van der Waals surface area contributed by atoms with Gasteiger partial charge in [-0.3, -0.25) is 4.68 Å². The average Bonchev–Trinajstić information content (AvgIpc) is 3.14. The van der Waals surface area contributed by atoms with Crippen molar-refractivity contribution in [3.8, 4) is 0 Å². The maximum Gasteiger partial charge on any atom is 0.0587 e. The van der Waals surface area contributed by atoms with E-state index in [9.17, 15) is 0 Å². The lowest BCUT2D eigenvalue weighted by Crippen LogP contribution is -2.21. The summed E-state index contributed by atoms with van der Waals surface area (Å²) in [6, 6.07) is 0. The summed E-state index contributed by atoms with van der Waals surface area (Å²) in [5.74, 6) is 0.740. The lowest BCUT2D eigenvalue weighted by molar-refractivity contribution is 0.199. The molecule has 1 heterocycles. The van der Waals surface area contributed by atoms with Crippen LogP contribution in [0.3, 0.4) is 0 Å². The second-order valence-electron chi connectivity index (χ2n) is 5.53. The number of methoxy groups -OCH3 is 1. The van der Waals surface area contributed by atoms with Gasteiger partial charge in [-0.15, -0.1) is 0 Å². The first-order valence-corrected chi connectivity index (χ1v) is 7.11. The summed E-state index contributed by atoms with van der Waals surface area (Å²) in [5, 5.41) is 7.98.